The molecule has 0 aromatic carbocycles. The van der Waals surface area contributed by atoms with Crippen LogP contribution in [0.15, 0.2) is 0 Å². The van der Waals surface area contributed by atoms with E-state index in [1.54, 1.807) is 21.3 Å². The number of hydrogen-bond donors (Lipinski definition) is 1. The SMILES string of the molecule is COC(CC(CN)N1CCC(C)C(OC)C1)OC. The Morgan fingerprint density at radius 1 is 1.28 bits per heavy atom. The van der Waals surface area contributed by atoms with Crippen molar-refractivity contribution in [3.05, 3.63) is 0 Å². The van der Waals surface area contributed by atoms with Gasteiger partial charge in [-0.15, -0.1) is 0 Å². The Morgan fingerprint density at radius 3 is 2.44 bits per heavy atom. The molecule has 1 heterocycles. The summed E-state index contributed by atoms with van der Waals surface area (Å²) in [7, 11) is 5.12. The number of ether oxygens (including phenoxy) is 3. The quantitative estimate of drug-likeness (QED) is 0.682. The van der Waals surface area contributed by atoms with E-state index in [9.17, 15) is 0 Å². The lowest BCUT2D eigenvalue weighted by molar-refractivity contribution is -0.121. The molecule has 5 nitrogen and oxygen atoms in total. The molecule has 108 valence electrons. The van der Waals surface area contributed by atoms with Crippen molar-refractivity contribution in [3.8, 4) is 0 Å². The predicted molar refractivity (Wildman–Crippen MR) is 71.4 cm³/mol. The molecule has 0 spiro atoms. The first-order valence-electron chi connectivity index (χ1n) is 6.68. The molecule has 1 saturated heterocycles. The molecule has 1 fully saturated rings. The van der Waals surface area contributed by atoms with E-state index >= 15 is 0 Å². The first-order valence-corrected chi connectivity index (χ1v) is 6.68. The summed E-state index contributed by atoms with van der Waals surface area (Å²) in [5.74, 6) is 0.616. The average Bonchev–Trinajstić information content (AvgIpc) is 2.41. The van der Waals surface area contributed by atoms with Crippen LogP contribution in [0, 0.1) is 5.92 Å². The van der Waals surface area contributed by atoms with Gasteiger partial charge in [-0.1, -0.05) is 6.92 Å². The lowest BCUT2D eigenvalue weighted by Crippen LogP contribution is -2.52. The van der Waals surface area contributed by atoms with Crippen molar-refractivity contribution in [2.24, 2.45) is 11.7 Å². The fourth-order valence-electron chi connectivity index (χ4n) is 2.60. The second-order valence-corrected chi connectivity index (χ2v) is 5.06. The van der Waals surface area contributed by atoms with Gasteiger partial charge >= 0.3 is 0 Å². The molecule has 0 amide bonds. The van der Waals surface area contributed by atoms with Crippen molar-refractivity contribution in [2.75, 3.05) is 41.0 Å². The average molecular weight is 260 g/mol. The van der Waals surface area contributed by atoms with Gasteiger partial charge in [0.1, 0.15) is 0 Å². The fraction of sp³-hybridized carbons (Fsp3) is 1.00. The Kier molecular flexibility index (Phi) is 7.11. The molecule has 1 aliphatic heterocycles. The first kappa shape index (κ1) is 15.9. The van der Waals surface area contributed by atoms with E-state index in [4.69, 9.17) is 19.9 Å². The molecule has 2 N–H and O–H groups in total. The van der Waals surface area contributed by atoms with E-state index in [1.165, 1.54) is 0 Å². The Bertz CT molecular complexity index is 222. The summed E-state index contributed by atoms with van der Waals surface area (Å²) >= 11 is 0. The van der Waals surface area contributed by atoms with Crippen LogP contribution in [0.5, 0.6) is 0 Å². The normalized spacial score (nSPS) is 27.7. The number of methoxy groups -OCH3 is 3. The standard InChI is InChI=1S/C13H28N2O3/c1-10-5-6-15(9-12(10)16-2)11(8-14)7-13(17-3)18-4/h10-13H,5-9,14H2,1-4H3. The van der Waals surface area contributed by atoms with E-state index in [2.05, 4.69) is 11.8 Å². The molecular formula is C13H28N2O3. The van der Waals surface area contributed by atoms with Crippen LogP contribution in [0.2, 0.25) is 0 Å². The summed E-state index contributed by atoms with van der Waals surface area (Å²) in [5, 5.41) is 0. The highest BCUT2D eigenvalue weighted by Crippen LogP contribution is 2.22. The lowest BCUT2D eigenvalue weighted by Gasteiger charge is -2.41. The van der Waals surface area contributed by atoms with Crippen LogP contribution in [0.1, 0.15) is 19.8 Å². The smallest absolute Gasteiger partial charge is 0.158 e. The van der Waals surface area contributed by atoms with Gasteiger partial charge in [-0.25, -0.2) is 0 Å². The molecule has 3 atom stereocenters. The van der Waals surface area contributed by atoms with Crippen LogP contribution >= 0.6 is 0 Å². The number of hydrogen-bond acceptors (Lipinski definition) is 5. The minimum atomic E-state index is -0.182. The molecule has 5 heteroatoms. The van der Waals surface area contributed by atoms with E-state index in [-0.39, 0.29) is 6.29 Å². The highest BCUT2D eigenvalue weighted by atomic mass is 16.7. The van der Waals surface area contributed by atoms with Crippen LogP contribution in [0.4, 0.5) is 0 Å². The van der Waals surface area contributed by atoms with Gasteiger partial charge in [0.2, 0.25) is 0 Å². The Hall–Kier alpha value is -0.200. The number of rotatable bonds is 7. The van der Waals surface area contributed by atoms with Gasteiger partial charge in [0.05, 0.1) is 6.10 Å². The highest BCUT2D eigenvalue weighted by Gasteiger charge is 2.30. The summed E-state index contributed by atoms with van der Waals surface area (Å²) in [5.41, 5.74) is 5.89. The third-order valence-electron chi connectivity index (χ3n) is 4.00. The summed E-state index contributed by atoms with van der Waals surface area (Å²) in [4.78, 5) is 2.40. The predicted octanol–water partition coefficient (Wildman–Crippen LogP) is 0.680. The number of likely N-dealkylation sites (tertiary alicyclic amines) is 1. The molecule has 0 aliphatic carbocycles. The zero-order valence-electron chi connectivity index (χ0n) is 12.1. The molecule has 0 aromatic rings. The summed E-state index contributed by atoms with van der Waals surface area (Å²) in [6.07, 6.45) is 2.07. The van der Waals surface area contributed by atoms with Gasteiger partial charge in [0, 0.05) is 46.9 Å². The third kappa shape index (κ3) is 4.17. The van der Waals surface area contributed by atoms with Crippen LogP contribution in [-0.2, 0) is 14.2 Å². The summed E-state index contributed by atoms with van der Waals surface area (Å²) < 4.78 is 16.1. The number of piperidine rings is 1. The molecule has 1 aliphatic rings. The van der Waals surface area contributed by atoms with Gasteiger partial charge in [-0.3, -0.25) is 4.90 Å². The minimum absolute atomic E-state index is 0.182. The largest absolute Gasteiger partial charge is 0.380 e. The van der Waals surface area contributed by atoms with Crippen LogP contribution in [-0.4, -0.2) is 64.3 Å². The first-order chi connectivity index (χ1) is 8.65. The van der Waals surface area contributed by atoms with Crippen molar-refractivity contribution >= 4 is 0 Å². The van der Waals surface area contributed by atoms with Gasteiger partial charge in [0.15, 0.2) is 6.29 Å². The zero-order valence-corrected chi connectivity index (χ0v) is 12.1. The van der Waals surface area contributed by atoms with E-state index in [1.807, 2.05) is 0 Å². The second kappa shape index (κ2) is 8.07. The van der Waals surface area contributed by atoms with E-state index in [0.717, 1.165) is 25.9 Å². The third-order valence-corrected chi connectivity index (χ3v) is 4.00. The Morgan fingerprint density at radius 2 is 1.94 bits per heavy atom. The van der Waals surface area contributed by atoms with E-state index in [0.29, 0.717) is 24.6 Å². The molecule has 0 radical (unpaired) electrons. The van der Waals surface area contributed by atoms with Crippen molar-refractivity contribution < 1.29 is 14.2 Å². The maximum absolute atomic E-state index is 5.89. The molecule has 0 aromatic heterocycles. The molecule has 0 saturated carbocycles. The molecule has 3 unspecified atom stereocenters. The molecule has 0 bridgehead atoms. The molecule has 18 heavy (non-hydrogen) atoms. The number of nitrogens with zero attached hydrogens (tertiary/aromatic N) is 1. The van der Waals surface area contributed by atoms with Gasteiger partial charge in [-0.05, 0) is 18.9 Å². The van der Waals surface area contributed by atoms with Crippen LogP contribution in [0.25, 0.3) is 0 Å². The summed E-state index contributed by atoms with van der Waals surface area (Å²) in [6, 6.07) is 0.292. The lowest BCUT2D eigenvalue weighted by atomic mass is 9.94. The van der Waals surface area contributed by atoms with Crippen molar-refractivity contribution in [3.63, 3.8) is 0 Å². The summed E-state index contributed by atoms with van der Waals surface area (Å²) in [6.45, 7) is 4.88. The van der Waals surface area contributed by atoms with Gasteiger partial charge < -0.3 is 19.9 Å². The van der Waals surface area contributed by atoms with Gasteiger partial charge in [-0.2, -0.15) is 0 Å². The Balaban J connectivity index is 2.54. The maximum Gasteiger partial charge on any atom is 0.158 e. The number of nitrogens with two attached hydrogens (primary N) is 1. The second-order valence-electron chi connectivity index (χ2n) is 5.06. The van der Waals surface area contributed by atoms with E-state index < -0.39 is 0 Å². The Labute approximate surface area is 111 Å². The van der Waals surface area contributed by atoms with Crippen LogP contribution in [0.3, 0.4) is 0 Å². The molecule has 1 rings (SSSR count). The minimum Gasteiger partial charge on any atom is -0.380 e. The zero-order chi connectivity index (χ0) is 13.5. The topological polar surface area (TPSA) is 57.0 Å². The van der Waals surface area contributed by atoms with Crippen LogP contribution < -0.4 is 5.73 Å². The monoisotopic (exact) mass is 260 g/mol. The maximum atomic E-state index is 5.89. The van der Waals surface area contributed by atoms with Crippen molar-refractivity contribution in [1.82, 2.24) is 4.90 Å². The highest BCUT2D eigenvalue weighted by molar-refractivity contribution is 4.84. The van der Waals surface area contributed by atoms with Crippen molar-refractivity contribution in [1.29, 1.82) is 0 Å². The molecular weight excluding hydrogens is 232 g/mol. The van der Waals surface area contributed by atoms with Gasteiger partial charge in [0.25, 0.3) is 0 Å². The van der Waals surface area contributed by atoms with Crippen molar-refractivity contribution in [2.45, 2.75) is 38.2 Å². The fourth-order valence-corrected chi connectivity index (χ4v) is 2.60.